The lowest BCUT2D eigenvalue weighted by molar-refractivity contribution is -0.136. The molecule has 0 unspecified atom stereocenters. The summed E-state index contributed by atoms with van der Waals surface area (Å²) in [5.74, 6) is 2.01. The van der Waals surface area contributed by atoms with Crippen molar-refractivity contribution in [2.75, 3.05) is 6.79 Å². The maximum absolute atomic E-state index is 12.9. The first-order chi connectivity index (χ1) is 15.5. The molecule has 32 heavy (non-hydrogen) atoms. The van der Waals surface area contributed by atoms with Crippen molar-refractivity contribution in [2.24, 2.45) is 5.92 Å². The Morgan fingerprint density at radius 2 is 1.91 bits per heavy atom. The van der Waals surface area contributed by atoms with Gasteiger partial charge in [0, 0.05) is 25.1 Å². The van der Waals surface area contributed by atoms with Crippen LogP contribution in [0.25, 0.3) is 0 Å². The maximum Gasteiger partial charge on any atom is 0.273 e. The molecule has 1 N–H and O–H groups in total. The summed E-state index contributed by atoms with van der Waals surface area (Å²) in [5.41, 5.74) is 1.11. The third-order valence-corrected chi connectivity index (χ3v) is 5.93. The number of carbonyl (C=O) groups is 2. The number of nitrogens with zero attached hydrogens (tertiary/aromatic N) is 2. The second-order valence-electron chi connectivity index (χ2n) is 8.96. The largest absolute Gasteiger partial charge is 0.454 e. The van der Waals surface area contributed by atoms with Gasteiger partial charge in [-0.15, -0.1) is 0 Å². The number of rotatable bonds is 8. The fourth-order valence-electron chi connectivity index (χ4n) is 4.27. The zero-order chi connectivity index (χ0) is 22.5. The van der Waals surface area contributed by atoms with Gasteiger partial charge in [-0.25, -0.2) is 0 Å². The van der Waals surface area contributed by atoms with Gasteiger partial charge < -0.3 is 24.2 Å². The van der Waals surface area contributed by atoms with Crippen LogP contribution in [0.4, 0.5) is 0 Å². The molecule has 1 aliphatic heterocycles. The van der Waals surface area contributed by atoms with Gasteiger partial charge in [-0.2, -0.15) is 0 Å². The predicted octanol–water partition coefficient (Wildman–Crippen LogP) is 4.04. The molecule has 1 fully saturated rings. The van der Waals surface area contributed by atoms with Gasteiger partial charge in [-0.3, -0.25) is 9.59 Å². The Balaban J connectivity index is 1.37. The molecule has 0 radical (unpaired) electrons. The molecular weight excluding hydrogens is 410 g/mol. The van der Waals surface area contributed by atoms with E-state index in [1.807, 2.05) is 36.9 Å². The number of hydrogen-bond donors (Lipinski definition) is 1. The van der Waals surface area contributed by atoms with Crippen LogP contribution in [0.5, 0.6) is 11.5 Å². The number of amides is 2. The first-order valence-corrected chi connectivity index (χ1v) is 11.4. The van der Waals surface area contributed by atoms with Crippen molar-refractivity contribution in [1.29, 1.82) is 0 Å². The van der Waals surface area contributed by atoms with Gasteiger partial charge in [0.25, 0.3) is 5.91 Å². The van der Waals surface area contributed by atoms with E-state index in [0.29, 0.717) is 42.7 Å². The third-order valence-electron chi connectivity index (χ3n) is 5.93. The van der Waals surface area contributed by atoms with Gasteiger partial charge >= 0.3 is 0 Å². The number of benzene rings is 1. The fraction of sp³-hybridized carbons (Fsp3) is 0.542. The van der Waals surface area contributed by atoms with Crippen molar-refractivity contribution in [3.63, 3.8) is 0 Å². The number of fused-ring (bicyclic) bond motifs is 1. The van der Waals surface area contributed by atoms with Crippen LogP contribution in [0.15, 0.2) is 28.8 Å². The molecule has 8 heteroatoms. The summed E-state index contributed by atoms with van der Waals surface area (Å²) in [6.45, 7) is 4.99. The van der Waals surface area contributed by atoms with Crippen LogP contribution in [0.1, 0.15) is 74.2 Å². The molecule has 1 aromatic carbocycles. The molecule has 2 aromatic rings. The van der Waals surface area contributed by atoms with Crippen molar-refractivity contribution in [1.82, 2.24) is 15.4 Å². The van der Waals surface area contributed by atoms with E-state index < -0.39 is 0 Å². The minimum Gasteiger partial charge on any atom is -0.454 e. The first kappa shape index (κ1) is 22.2. The van der Waals surface area contributed by atoms with Crippen LogP contribution in [-0.2, 0) is 17.9 Å². The van der Waals surface area contributed by atoms with Crippen molar-refractivity contribution in [3.05, 3.63) is 41.3 Å². The molecular formula is C24H31N3O5. The number of nitrogens with one attached hydrogen (secondary N) is 1. The predicted molar refractivity (Wildman–Crippen MR) is 117 cm³/mol. The molecule has 1 aliphatic carbocycles. The molecule has 2 heterocycles. The van der Waals surface area contributed by atoms with E-state index in [1.54, 1.807) is 6.07 Å². The molecule has 0 saturated heterocycles. The van der Waals surface area contributed by atoms with E-state index in [4.69, 9.17) is 14.0 Å². The summed E-state index contributed by atoms with van der Waals surface area (Å²) in [6, 6.07) is 7.41. The highest BCUT2D eigenvalue weighted by atomic mass is 16.7. The topological polar surface area (TPSA) is 93.9 Å². The Labute approximate surface area is 188 Å². The van der Waals surface area contributed by atoms with E-state index in [2.05, 4.69) is 10.5 Å². The highest BCUT2D eigenvalue weighted by molar-refractivity contribution is 5.92. The van der Waals surface area contributed by atoms with Crippen LogP contribution < -0.4 is 14.8 Å². The molecule has 0 bridgehead atoms. The molecule has 0 atom stereocenters. The van der Waals surface area contributed by atoms with Crippen molar-refractivity contribution < 1.29 is 23.6 Å². The van der Waals surface area contributed by atoms with Gasteiger partial charge in [0.1, 0.15) is 0 Å². The van der Waals surface area contributed by atoms with Crippen LogP contribution in [0, 0.1) is 5.92 Å². The summed E-state index contributed by atoms with van der Waals surface area (Å²) in [6.07, 6.45) is 6.04. The highest BCUT2D eigenvalue weighted by Crippen LogP contribution is 2.32. The number of carbonyl (C=O) groups excluding carboxylic acids is 2. The first-order valence-electron chi connectivity index (χ1n) is 11.4. The Hall–Kier alpha value is -3.03. The molecule has 2 amide bonds. The summed E-state index contributed by atoms with van der Waals surface area (Å²) in [7, 11) is 0. The Morgan fingerprint density at radius 1 is 1.12 bits per heavy atom. The smallest absolute Gasteiger partial charge is 0.273 e. The molecule has 4 rings (SSSR count). The number of hydrogen-bond acceptors (Lipinski definition) is 6. The van der Waals surface area contributed by atoms with E-state index >= 15 is 0 Å². The molecule has 2 aliphatic rings. The molecule has 1 aromatic heterocycles. The summed E-state index contributed by atoms with van der Waals surface area (Å²) >= 11 is 0. The lowest BCUT2D eigenvalue weighted by Gasteiger charge is -2.34. The van der Waals surface area contributed by atoms with Gasteiger partial charge in [0.05, 0.1) is 6.54 Å². The lowest BCUT2D eigenvalue weighted by Crippen LogP contribution is -2.41. The number of aromatic nitrogens is 1. The monoisotopic (exact) mass is 441 g/mol. The second-order valence-corrected chi connectivity index (χ2v) is 8.96. The van der Waals surface area contributed by atoms with Crippen LogP contribution >= 0.6 is 0 Å². The number of ether oxygens (including phenoxy) is 2. The summed E-state index contributed by atoms with van der Waals surface area (Å²) < 4.78 is 16.1. The van der Waals surface area contributed by atoms with Crippen LogP contribution in [0.3, 0.4) is 0 Å². The molecule has 0 spiro atoms. The molecule has 172 valence electrons. The zero-order valence-corrected chi connectivity index (χ0v) is 18.8. The van der Waals surface area contributed by atoms with E-state index in [1.165, 1.54) is 6.42 Å². The third kappa shape index (κ3) is 5.41. The van der Waals surface area contributed by atoms with E-state index in [9.17, 15) is 9.59 Å². The molecule has 8 nitrogen and oxygen atoms in total. The van der Waals surface area contributed by atoms with Crippen molar-refractivity contribution in [2.45, 2.75) is 71.5 Å². The van der Waals surface area contributed by atoms with Crippen molar-refractivity contribution in [3.8, 4) is 11.5 Å². The average molecular weight is 442 g/mol. The average Bonchev–Trinajstić information content (AvgIpc) is 3.45. The van der Waals surface area contributed by atoms with Crippen molar-refractivity contribution >= 4 is 11.8 Å². The minimum absolute atomic E-state index is 0.136. The standard InChI is InChI=1S/C24H31N3O5/c1-16(2)10-23(28)27(18-6-4-3-5-7-18)14-19-12-20(26-32-19)24(29)25-13-17-8-9-21-22(11-17)31-15-30-21/h8-9,11-12,16,18H,3-7,10,13-15H2,1-2H3,(H,25,29). The van der Waals surface area contributed by atoms with E-state index in [-0.39, 0.29) is 30.3 Å². The SMILES string of the molecule is CC(C)CC(=O)N(Cc1cc(C(=O)NCc2ccc3c(c2)OCO3)no1)C1CCCCC1. The minimum atomic E-state index is -0.324. The van der Waals surface area contributed by atoms with Crippen LogP contribution in [-0.4, -0.2) is 34.7 Å². The second kappa shape index (κ2) is 10.1. The lowest BCUT2D eigenvalue weighted by atomic mass is 9.93. The Bertz CT molecular complexity index is 949. The summed E-state index contributed by atoms with van der Waals surface area (Å²) in [5, 5.41) is 6.78. The normalized spacial score (nSPS) is 15.7. The zero-order valence-electron chi connectivity index (χ0n) is 18.8. The van der Waals surface area contributed by atoms with Gasteiger partial charge in [-0.1, -0.05) is 44.3 Å². The van der Waals surface area contributed by atoms with Gasteiger partial charge in [0.2, 0.25) is 12.7 Å². The van der Waals surface area contributed by atoms with Gasteiger partial charge in [-0.05, 0) is 36.5 Å². The maximum atomic E-state index is 12.9. The fourth-order valence-corrected chi connectivity index (χ4v) is 4.27. The Kier molecular flexibility index (Phi) is 6.97. The summed E-state index contributed by atoms with van der Waals surface area (Å²) in [4.78, 5) is 27.4. The van der Waals surface area contributed by atoms with Gasteiger partial charge in [0.15, 0.2) is 23.0 Å². The van der Waals surface area contributed by atoms with Crippen LogP contribution in [0.2, 0.25) is 0 Å². The molecule has 1 saturated carbocycles. The quantitative estimate of drug-likeness (QED) is 0.664. The highest BCUT2D eigenvalue weighted by Gasteiger charge is 2.27. The van der Waals surface area contributed by atoms with E-state index in [0.717, 1.165) is 31.2 Å². The Morgan fingerprint density at radius 3 is 2.69 bits per heavy atom.